The van der Waals surface area contributed by atoms with Crippen molar-refractivity contribution in [3.63, 3.8) is 0 Å². The number of para-hydroxylation sites is 1. The fraction of sp³-hybridized carbons (Fsp3) is 0.333. The van der Waals surface area contributed by atoms with E-state index in [1.54, 1.807) is 12.1 Å². The zero-order chi connectivity index (χ0) is 18.1. The quantitative estimate of drug-likeness (QED) is 0.376. The summed E-state index contributed by atoms with van der Waals surface area (Å²) in [4.78, 5) is 34.5. The van der Waals surface area contributed by atoms with Gasteiger partial charge in [0, 0.05) is 6.92 Å². The Hall–Kier alpha value is -2.13. The van der Waals surface area contributed by atoms with Crippen molar-refractivity contribution in [1.82, 2.24) is 10.6 Å². The van der Waals surface area contributed by atoms with E-state index in [0.29, 0.717) is 12.2 Å². The molecule has 1 aromatic rings. The van der Waals surface area contributed by atoms with Crippen molar-refractivity contribution >= 4 is 46.9 Å². The van der Waals surface area contributed by atoms with Gasteiger partial charge in [-0.25, -0.2) is 4.79 Å². The number of carboxylic acids is 1. The van der Waals surface area contributed by atoms with Crippen LogP contribution in [0.5, 0.6) is 5.75 Å². The van der Waals surface area contributed by atoms with E-state index in [9.17, 15) is 14.4 Å². The highest BCUT2D eigenvalue weighted by molar-refractivity contribution is 7.98. The van der Waals surface area contributed by atoms with Gasteiger partial charge in [0.2, 0.25) is 0 Å². The Morgan fingerprint density at radius 1 is 1.33 bits per heavy atom. The second-order valence-electron chi connectivity index (χ2n) is 4.69. The van der Waals surface area contributed by atoms with Crippen molar-refractivity contribution in [3.05, 3.63) is 29.8 Å². The van der Waals surface area contributed by atoms with Crippen LogP contribution in [0.25, 0.3) is 0 Å². The maximum atomic E-state index is 12.2. The number of carbonyl (C=O) groups excluding carboxylic acids is 2. The first-order valence-corrected chi connectivity index (χ1v) is 8.76. The fourth-order valence-corrected chi connectivity index (χ4v) is 2.46. The Morgan fingerprint density at radius 3 is 2.58 bits per heavy atom. The van der Waals surface area contributed by atoms with E-state index in [1.165, 1.54) is 30.8 Å². The smallest absolute Gasteiger partial charge is 0.326 e. The van der Waals surface area contributed by atoms with Gasteiger partial charge in [-0.2, -0.15) is 11.8 Å². The molecule has 7 nitrogen and oxygen atoms in total. The predicted octanol–water partition coefficient (Wildman–Crippen LogP) is 1.42. The van der Waals surface area contributed by atoms with Crippen LogP contribution in [0.4, 0.5) is 0 Å². The van der Waals surface area contributed by atoms with Crippen molar-refractivity contribution in [2.75, 3.05) is 12.0 Å². The second kappa shape index (κ2) is 9.89. The maximum absolute atomic E-state index is 12.2. The van der Waals surface area contributed by atoms with Crippen LogP contribution in [0.2, 0.25) is 0 Å². The van der Waals surface area contributed by atoms with E-state index in [0.717, 1.165) is 0 Å². The molecule has 0 saturated carbocycles. The van der Waals surface area contributed by atoms with Gasteiger partial charge >= 0.3 is 11.9 Å². The number of hydrogen-bond donors (Lipinski definition) is 3. The van der Waals surface area contributed by atoms with Crippen LogP contribution in [0, 0.1) is 0 Å². The standard InChI is InChI=1S/C15H18N2O5S2/c1-9(18)22-12-6-4-3-5-10(12)13(19)17-15(23)16-11(14(20)21)7-8-24-2/h3-6,11H,7-8H2,1-2H3,(H,20,21)(H2,16,17,19,23). The molecule has 1 atom stereocenters. The van der Waals surface area contributed by atoms with Crippen LogP contribution in [-0.2, 0) is 9.59 Å². The van der Waals surface area contributed by atoms with Gasteiger partial charge in [-0.3, -0.25) is 14.9 Å². The Kier molecular flexibility index (Phi) is 8.20. The van der Waals surface area contributed by atoms with E-state index in [-0.39, 0.29) is 16.4 Å². The highest BCUT2D eigenvalue weighted by atomic mass is 32.2. The number of esters is 1. The van der Waals surface area contributed by atoms with Crippen molar-refractivity contribution in [3.8, 4) is 5.75 Å². The molecule has 0 aromatic heterocycles. The lowest BCUT2D eigenvalue weighted by molar-refractivity contribution is -0.139. The predicted molar refractivity (Wildman–Crippen MR) is 95.4 cm³/mol. The number of thioether (sulfide) groups is 1. The molecule has 1 aromatic carbocycles. The minimum Gasteiger partial charge on any atom is -0.480 e. The Bertz CT molecular complexity index is 636. The summed E-state index contributed by atoms with van der Waals surface area (Å²) in [5, 5.41) is 14.0. The molecule has 0 aliphatic carbocycles. The number of amides is 1. The van der Waals surface area contributed by atoms with Crippen molar-refractivity contribution in [1.29, 1.82) is 0 Å². The zero-order valence-corrected chi connectivity index (χ0v) is 14.8. The number of rotatable bonds is 7. The Morgan fingerprint density at radius 2 is 2.00 bits per heavy atom. The fourth-order valence-electron chi connectivity index (χ4n) is 1.76. The van der Waals surface area contributed by atoms with Crippen LogP contribution < -0.4 is 15.4 Å². The average Bonchev–Trinajstić information content (AvgIpc) is 2.50. The number of carboxylic acid groups (broad SMARTS) is 1. The topological polar surface area (TPSA) is 105 Å². The molecule has 130 valence electrons. The lowest BCUT2D eigenvalue weighted by Gasteiger charge is -2.16. The molecule has 1 amide bonds. The lowest BCUT2D eigenvalue weighted by atomic mass is 10.2. The molecule has 1 unspecified atom stereocenters. The summed E-state index contributed by atoms with van der Waals surface area (Å²) in [5.74, 6) is -1.48. The first-order valence-electron chi connectivity index (χ1n) is 6.96. The third kappa shape index (κ3) is 6.55. The normalized spacial score (nSPS) is 11.2. The van der Waals surface area contributed by atoms with Gasteiger partial charge in [0.1, 0.15) is 11.8 Å². The summed E-state index contributed by atoms with van der Waals surface area (Å²) in [6.07, 6.45) is 2.22. The molecule has 0 spiro atoms. The minimum absolute atomic E-state index is 0.0995. The maximum Gasteiger partial charge on any atom is 0.326 e. The van der Waals surface area contributed by atoms with Gasteiger partial charge in [0.25, 0.3) is 5.91 Å². The van der Waals surface area contributed by atoms with Crippen LogP contribution in [0.1, 0.15) is 23.7 Å². The van der Waals surface area contributed by atoms with Crippen LogP contribution >= 0.6 is 24.0 Å². The number of ether oxygens (including phenoxy) is 1. The summed E-state index contributed by atoms with van der Waals surface area (Å²) in [6, 6.07) is 5.28. The van der Waals surface area contributed by atoms with Crippen molar-refractivity contribution in [2.45, 2.75) is 19.4 Å². The molecule has 0 fully saturated rings. The number of carbonyl (C=O) groups is 3. The summed E-state index contributed by atoms with van der Waals surface area (Å²) in [7, 11) is 0. The number of benzene rings is 1. The average molecular weight is 370 g/mol. The lowest BCUT2D eigenvalue weighted by Crippen LogP contribution is -2.47. The van der Waals surface area contributed by atoms with Gasteiger partial charge in [-0.1, -0.05) is 12.1 Å². The van der Waals surface area contributed by atoms with Crippen molar-refractivity contribution < 1.29 is 24.2 Å². The number of nitrogens with one attached hydrogen (secondary N) is 2. The molecular weight excluding hydrogens is 352 g/mol. The number of thiocarbonyl (C=S) groups is 1. The van der Waals surface area contributed by atoms with Crippen LogP contribution in [0.3, 0.4) is 0 Å². The second-order valence-corrected chi connectivity index (χ2v) is 6.08. The highest BCUT2D eigenvalue weighted by Crippen LogP contribution is 2.17. The molecule has 0 bridgehead atoms. The molecule has 9 heteroatoms. The monoisotopic (exact) mass is 370 g/mol. The van der Waals surface area contributed by atoms with Crippen LogP contribution in [0.15, 0.2) is 24.3 Å². The molecule has 0 aliphatic rings. The van der Waals surface area contributed by atoms with E-state index in [4.69, 9.17) is 22.1 Å². The number of hydrogen-bond acceptors (Lipinski definition) is 6. The molecular formula is C15H18N2O5S2. The first kappa shape index (κ1) is 19.9. The SMILES string of the molecule is CSCCC(NC(=S)NC(=O)c1ccccc1OC(C)=O)C(=O)O. The van der Waals surface area contributed by atoms with Gasteiger partial charge in [0.05, 0.1) is 5.56 Å². The molecule has 24 heavy (non-hydrogen) atoms. The summed E-state index contributed by atoms with van der Waals surface area (Å²) < 4.78 is 4.96. The third-order valence-corrected chi connectivity index (χ3v) is 3.69. The molecule has 3 N–H and O–H groups in total. The molecule has 0 radical (unpaired) electrons. The van der Waals surface area contributed by atoms with E-state index >= 15 is 0 Å². The van der Waals surface area contributed by atoms with Crippen molar-refractivity contribution in [2.24, 2.45) is 0 Å². The van der Waals surface area contributed by atoms with E-state index in [1.807, 2.05) is 6.26 Å². The van der Waals surface area contributed by atoms with Gasteiger partial charge < -0.3 is 15.2 Å². The Labute approximate surface area is 149 Å². The van der Waals surface area contributed by atoms with Crippen LogP contribution in [-0.4, -0.2) is 46.1 Å². The van der Waals surface area contributed by atoms with Gasteiger partial charge in [-0.05, 0) is 42.8 Å². The highest BCUT2D eigenvalue weighted by Gasteiger charge is 2.20. The van der Waals surface area contributed by atoms with Gasteiger partial charge in [0.15, 0.2) is 5.11 Å². The van der Waals surface area contributed by atoms with E-state index < -0.39 is 23.9 Å². The van der Waals surface area contributed by atoms with E-state index in [2.05, 4.69) is 10.6 Å². The number of aliphatic carboxylic acids is 1. The zero-order valence-electron chi connectivity index (χ0n) is 13.2. The van der Waals surface area contributed by atoms with Gasteiger partial charge in [-0.15, -0.1) is 0 Å². The summed E-state index contributed by atoms with van der Waals surface area (Å²) in [6.45, 7) is 1.23. The Balaban J connectivity index is 2.75. The molecule has 1 rings (SSSR count). The minimum atomic E-state index is -1.05. The molecule has 0 heterocycles. The molecule has 0 aliphatic heterocycles. The third-order valence-electron chi connectivity index (χ3n) is 2.83. The molecule has 0 saturated heterocycles. The summed E-state index contributed by atoms with van der Waals surface area (Å²) >= 11 is 6.50. The first-order chi connectivity index (χ1) is 11.3. The largest absolute Gasteiger partial charge is 0.480 e. The summed E-state index contributed by atoms with van der Waals surface area (Å²) in [5.41, 5.74) is 0.118.